The van der Waals surface area contributed by atoms with Gasteiger partial charge in [0.2, 0.25) is 0 Å². The molecule has 3 heteroatoms. The van der Waals surface area contributed by atoms with Crippen molar-refractivity contribution in [2.75, 3.05) is 12.4 Å². The van der Waals surface area contributed by atoms with Gasteiger partial charge in [-0.3, -0.25) is 0 Å². The summed E-state index contributed by atoms with van der Waals surface area (Å²) < 4.78 is 6.38. The Labute approximate surface area is 95.7 Å². The van der Waals surface area contributed by atoms with Crippen LogP contribution in [0.15, 0.2) is 22.7 Å². The number of rotatable bonds is 3. The van der Waals surface area contributed by atoms with Crippen LogP contribution in [0.5, 0.6) is 5.75 Å². The molecule has 1 unspecified atom stereocenters. The Balaban J connectivity index is 3.07. The Kier molecular flexibility index (Phi) is 4.26. The van der Waals surface area contributed by atoms with Gasteiger partial charge >= 0.3 is 0 Å². The van der Waals surface area contributed by atoms with Crippen molar-refractivity contribution >= 4 is 31.9 Å². The van der Waals surface area contributed by atoms with Crippen LogP contribution in [0.3, 0.4) is 0 Å². The van der Waals surface area contributed by atoms with Gasteiger partial charge in [0.1, 0.15) is 5.75 Å². The minimum atomic E-state index is 0.465. The summed E-state index contributed by atoms with van der Waals surface area (Å²) in [4.78, 5) is 0. The van der Waals surface area contributed by atoms with E-state index >= 15 is 0 Å². The summed E-state index contributed by atoms with van der Waals surface area (Å²) in [6.45, 7) is 2.17. The predicted molar refractivity (Wildman–Crippen MR) is 62.9 cm³/mol. The number of alkyl halides is 1. The lowest BCUT2D eigenvalue weighted by molar-refractivity contribution is 0.407. The van der Waals surface area contributed by atoms with Crippen LogP contribution in [0.4, 0.5) is 0 Å². The van der Waals surface area contributed by atoms with Gasteiger partial charge in [-0.15, -0.1) is 0 Å². The molecule has 0 heterocycles. The van der Waals surface area contributed by atoms with Gasteiger partial charge in [-0.1, -0.05) is 38.8 Å². The molecule has 1 rings (SSSR count). The highest BCUT2D eigenvalue weighted by Gasteiger charge is 2.10. The molecule has 0 N–H and O–H groups in total. The van der Waals surface area contributed by atoms with Crippen molar-refractivity contribution in [1.29, 1.82) is 0 Å². The van der Waals surface area contributed by atoms with Crippen molar-refractivity contribution in [2.45, 2.75) is 12.8 Å². The van der Waals surface area contributed by atoms with Crippen LogP contribution in [-0.2, 0) is 0 Å². The quantitative estimate of drug-likeness (QED) is 0.768. The summed E-state index contributed by atoms with van der Waals surface area (Å²) in [7, 11) is 1.70. The average molecular weight is 308 g/mol. The largest absolute Gasteiger partial charge is 0.496 e. The normalized spacial score (nSPS) is 12.6. The maximum atomic E-state index is 5.28. The van der Waals surface area contributed by atoms with E-state index in [0.717, 1.165) is 15.6 Å². The minimum absolute atomic E-state index is 0.465. The first-order valence-corrected chi connectivity index (χ1v) is 6.00. The van der Waals surface area contributed by atoms with Gasteiger partial charge in [0.05, 0.1) is 7.11 Å². The van der Waals surface area contributed by atoms with Crippen molar-refractivity contribution in [3.63, 3.8) is 0 Å². The molecule has 1 nitrogen and oxygen atoms in total. The molecular weight excluding hydrogens is 296 g/mol. The SMILES string of the molecule is COc1ccc(Br)cc1C(C)CBr. The van der Waals surface area contributed by atoms with E-state index in [0.29, 0.717) is 5.92 Å². The van der Waals surface area contributed by atoms with Crippen molar-refractivity contribution < 1.29 is 4.74 Å². The molecule has 0 aliphatic heterocycles. The van der Waals surface area contributed by atoms with Crippen LogP contribution < -0.4 is 4.74 Å². The van der Waals surface area contributed by atoms with Gasteiger partial charge in [0, 0.05) is 9.80 Å². The molecule has 72 valence electrons. The Bertz CT molecular complexity index is 286. The number of benzene rings is 1. The molecule has 0 amide bonds. The van der Waals surface area contributed by atoms with Gasteiger partial charge in [0.15, 0.2) is 0 Å². The summed E-state index contributed by atoms with van der Waals surface area (Å²) in [5, 5.41) is 0.944. The van der Waals surface area contributed by atoms with Crippen LogP contribution in [0.25, 0.3) is 0 Å². The first-order valence-electron chi connectivity index (χ1n) is 4.08. The Morgan fingerprint density at radius 3 is 2.69 bits per heavy atom. The lowest BCUT2D eigenvalue weighted by Gasteiger charge is -2.13. The maximum Gasteiger partial charge on any atom is 0.122 e. The predicted octanol–water partition coefficient (Wildman–Crippen LogP) is 3.96. The highest BCUT2D eigenvalue weighted by molar-refractivity contribution is 9.10. The fourth-order valence-electron chi connectivity index (χ4n) is 1.17. The number of methoxy groups -OCH3 is 1. The van der Waals surface area contributed by atoms with E-state index in [9.17, 15) is 0 Å². The van der Waals surface area contributed by atoms with Crippen molar-refractivity contribution in [1.82, 2.24) is 0 Å². The summed E-state index contributed by atoms with van der Waals surface area (Å²) in [6.07, 6.45) is 0. The monoisotopic (exact) mass is 306 g/mol. The van der Waals surface area contributed by atoms with Gasteiger partial charge in [-0.05, 0) is 29.7 Å². The Hall–Kier alpha value is -0.0200. The molecule has 0 saturated heterocycles. The molecule has 0 aromatic heterocycles. The smallest absolute Gasteiger partial charge is 0.122 e. The second-order valence-electron chi connectivity index (χ2n) is 2.94. The van der Waals surface area contributed by atoms with E-state index in [1.807, 2.05) is 12.1 Å². The van der Waals surface area contributed by atoms with E-state index in [4.69, 9.17) is 4.74 Å². The second-order valence-corrected chi connectivity index (χ2v) is 4.50. The van der Waals surface area contributed by atoms with Gasteiger partial charge in [-0.25, -0.2) is 0 Å². The number of hydrogen-bond donors (Lipinski definition) is 0. The van der Waals surface area contributed by atoms with Crippen molar-refractivity contribution in [3.8, 4) is 5.75 Å². The van der Waals surface area contributed by atoms with E-state index in [2.05, 4.69) is 44.8 Å². The summed E-state index contributed by atoms with van der Waals surface area (Å²) in [5.74, 6) is 1.42. The van der Waals surface area contributed by atoms with Crippen LogP contribution in [0, 0.1) is 0 Å². The maximum absolute atomic E-state index is 5.28. The number of hydrogen-bond acceptors (Lipinski definition) is 1. The first kappa shape index (κ1) is 11.1. The molecule has 1 aromatic carbocycles. The molecule has 0 aliphatic rings. The molecule has 0 radical (unpaired) electrons. The van der Waals surface area contributed by atoms with Crippen LogP contribution in [-0.4, -0.2) is 12.4 Å². The van der Waals surface area contributed by atoms with Crippen molar-refractivity contribution in [3.05, 3.63) is 28.2 Å². The summed E-state index contributed by atoms with van der Waals surface area (Å²) in [6, 6.07) is 6.08. The Morgan fingerprint density at radius 2 is 2.15 bits per heavy atom. The third-order valence-electron chi connectivity index (χ3n) is 1.95. The molecule has 0 bridgehead atoms. The standard InChI is InChI=1S/C10H12Br2O/c1-7(6-11)9-5-8(12)3-4-10(9)13-2/h3-5,7H,6H2,1-2H3. The third-order valence-corrected chi connectivity index (χ3v) is 3.42. The van der Waals surface area contributed by atoms with E-state index in [1.54, 1.807) is 7.11 Å². The Morgan fingerprint density at radius 1 is 1.46 bits per heavy atom. The number of halogens is 2. The first-order chi connectivity index (χ1) is 6.19. The van der Waals surface area contributed by atoms with Crippen LogP contribution in [0.2, 0.25) is 0 Å². The van der Waals surface area contributed by atoms with E-state index in [-0.39, 0.29) is 0 Å². The molecular formula is C10H12Br2O. The van der Waals surface area contributed by atoms with Crippen molar-refractivity contribution in [2.24, 2.45) is 0 Å². The second kappa shape index (κ2) is 5.01. The number of ether oxygens (including phenoxy) is 1. The third kappa shape index (κ3) is 2.71. The highest BCUT2D eigenvalue weighted by atomic mass is 79.9. The van der Waals surface area contributed by atoms with Gasteiger partial charge in [-0.2, -0.15) is 0 Å². The fraction of sp³-hybridized carbons (Fsp3) is 0.400. The molecule has 0 spiro atoms. The minimum Gasteiger partial charge on any atom is -0.496 e. The highest BCUT2D eigenvalue weighted by Crippen LogP contribution is 2.30. The fourth-order valence-corrected chi connectivity index (χ4v) is 1.90. The molecule has 0 saturated carbocycles. The van der Waals surface area contributed by atoms with Gasteiger partial charge < -0.3 is 4.74 Å². The lowest BCUT2D eigenvalue weighted by atomic mass is 10.0. The molecule has 1 aromatic rings. The zero-order valence-electron chi connectivity index (χ0n) is 7.68. The lowest BCUT2D eigenvalue weighted by Crippen LogP contribution is -1.98. The summed E-state index contributed by atoms with van der Waals surface area (Å²) in [5.41, 5.74) is 1.23. The topological polar surface area (TPSA) is 9.23 Å². The zero-order valence-corrected chi connectivity index (χ0v) is 10.9. The van der Waals surface area contributed by atoms with Crippen LogP contribution >= 0.6 is 31.9 Å². The molecule has 13 heavy (non-hydrogen) atoms. The molecule has 0 aliphatic carbocycles. The van der Waals surface area contributed by atoms with Crippen LogP contribution in [0.1, 0.15) is 18.4 Å². The van der Waals surface area contributed by atoms with Gasteiger partial charge in [0.25, 0.3) is 0 Å². The molecule has 0 fully saturated rings. The van der Waals surface area contributed by atoms with E-state index < -0.39 is 0 Å². The zero-order chi connectivity index (χ0) is 9.84. The average Bonchev–Trinajstić information content (AvgIpc) is 2.16. The summed E-state index contributed by atoms with van der Waals surface area (Å²) >= 11 is 6.92. The molecule has 1 atom stereocenters. The van der Waals surface area contributed by atoms with E-state index in [1.165, 1.54) is 5.56 Å².